The maximum Gasteiger partial charge on any atom is 0.245 e. The van der Waals surface area contributed by atoms with E-state index in [1.54, 1.807) is 0 Å². The maximum absolute atomic E-state index is 13.1. The minimum atomic E-state index is -2.55. The lowest BCUT2D eigenvalue weighted by atomic mass is 9.99. The van der Waals surface area contributed by atoms with Gasteiger partial charge in [-0.2, -0.15) is 0 Å². The molecule has 1 rings (SSSR count). The minimum Gasteiger partial charge on any atom is -0.210 e. The lowest BCUT2D eigenvalue weighted by molar-refractivity contribution is 0.119. The van der Waals surface area contributed by atoms with Crippen molar-refractivity contribution in [1.82, 2.24) is 0 Å². The molecule has 0 aliphatic rings. The number of hydrogen-bond acceptors (Lipinski definition) is 0. The Hall–Kier alpha value is -1.25. The third kappa shape index (κ3) is 2.16. The van der Waals surface area contributed by atoms with Crippen LogP contribution >= 0.6 is 0 Å². The van der Waals surface area contributed by atoms with Crippen molar-refractivity contribution in [3.8, 4) is 0 Å². The van der Waals surface area contributed by atoms with Gasteiger partial charge in [0, 0.05) is 5.92 Å². The normalized spacial score (nSPS) is 12.9. The van der Waals surface area contributed by atoms with Crippen molar-refractivity contribution in [3.63, 3.8) is 0 Å². The largest absolute Gasteiger partial charge is 0.245 e. The third-order valence-electron chi connectivity index (χ3n) is 2.12. The summed E-state index contributed by atoms with van der Waals surface area (Å²) in [4.78, 5) is 0. The molecule has 0 bridgehead atoms. The molecule has 0 saturated carbocycles. The topological polar surface area (TPSA) is 0 Å². The molecule has 1 aromatic carbocycles. The summed E-state index contributed by atoms with van der Waals surface area (Å²) in [7, 11) is 0. The summed E-state index contributed by atoms with van der Waals surface area (Å²) in [6.45, 7) is 4.80. The van der Waals surface area contributed by atoms with Crippen LogP contribution in [0, 0.1) is 5.82 Å². The van der Waals surface area contributed by atoms with E-state index in [0.717, 1.165) is 0 Å². The zero-order valence-corrected chi connectivity index (χ0v) is 7.81. The molecule has 0 saturated heterocycles. The molecule has 0 aromatic heterocycles. The van der Waals surface area contributed by atoms with Crippen molar-refractivity contribution in [2.45, 2.75) is 19.3 Å². The molecule has 0 spiro atoms. The standard InChI is InChI=1S/C11H11F3/c1-3-8-4-5-10(12)9(6-8)7(2)11(13)14/h3-7,11H,1H2,2H3/t7-/m0/s1. The van der Waals surface area contributed by atoms with E-state index in [4.69, 9.17) is 0 Å². The molecule has 0 N–H and O–H groups in total. The maximum atomic E-state index is 13.1. The Morgan fingerprint density at radius 1 is 1.36 bits per heavy atom. The van der Waals surface area contributed by atoms with Gasteiger partial charge >= 0.3 is 0 Å². The molecule has 0 nitrogen and oxygen atoms in total. The minimum absolute atomic E-state index is 0.0393. The predicted octanol–water partition coefficient (Wildman–Crippen LogP) is 3.84. The Labute approximate surface area is 81.1 Å². The van der Waals surface area contributed by atoms with Crippen molar-refractivity contribution >= 4 is 6.08 Å². The average molecular weight is 200 g/mol. The van der Waals surface area contributed by atoms with Gasteiger partial charge in [0.05, 0.1) is 0 Å². The van der Waals surface area contributed by atoms with Crippen LogP contribution in [0.4, 0.5) is 13.2 Å². The second-order valence-electron chi connectivity index (χ2n) is 3.11. The van der Waals surface area contributed by atoms with Crippen LogP contribution in [0.25, 0.3) is 6.08 Å². The molecular weight excluding hydrogens is 189 g/mol. The Morgan fingerprint density at radius 3 is 2.50 bits per heavy atom. The van der Waals surface area contributed by atoms with Crippen LogP contribution in [0.15, 0.2) is 24.8 Å². The van der Waals surface area contributed by atoms with Crippen molar-refractivity contribution in [2.24, 2.45) is 0 Å². The van der Waals surface area contributed by atoms with Gasteiger partial charge in [-0.3, -0.25) is 0 Å². The Balaban J connectivity index is 3.11. The molecule has 0 aliphatic carbocycles. The van der Waals surface area contributed by atoms with Crippen molar-refractivity contribution < 1.29 is 13.2 Å². The predicted molar refractivity (Wildman–Crippen MR) is 50.9 cm³/mol. The van der Waals surface area contributed by atoms with Gasteiger partial charge in [-0.25, -0.2) is 13.2 Å². The fourth-order valence-electron chi connectivity index (χ4n) is 1.17. The number of rotatable bonds is 3. The van der Waals surface area contributed by atoms with Crippen LogP contribution in [0.2, 0.25) is 0 Å². The van der Waals surface area contributed by atoms with Gasteiger partial charge in [-0.1, -0.05) is 25.6 Å². The molecule has 76 valence electrons. The van der Waals surface area contributed by atoms with E-state index in [0.29, 0.717) is 5.56 Å². The van der Waals surface area contributed by atoms with Crippen LogP contribution in [-0.2, 0) is 0 Å². The summed E-state index contributed by atoms with van der Waals surface area (Å²) < 4.78 is 37.8. The Morgan fingerprint density at radius 2 is 2.00 bits per heavy atom. The molecule has 0 heterocycles. The van der Waals surface area contributed by atoms with Gasteiger partial charge in [-0.05, 0) is 23.3 Å². The molecule has 14 heavy (non-hydrogen) atoms. The van der Waals surface area contributed by atoms with E-state index in [1.807, 2.05) is 0 Å². The van der Waals surface area contributed by atoms with Crippen LogP contribution in [-0.4, -0.2) is 6.43 Å². The first kappa shape index (κ1) is 10.8. The van der Waals surface area contributed by atoms with Crippen molar-refractivity contribution in [1.29, 1.82) is 0 Å². The van der Waals surface area contributed by atoms with E-state index in [1.165, 1.54) is 31.2 Å². The fraction of sp³-hybridized carbons (Fsp3) is 0.273. The number of benzene rings is 1. The summed E-state index contributed by atoms with van der Waals surface area (Å²) in [6.07, 6.45) is -1.05. The molecule has 0 unspecified atom stereocenters. The highest BCUT2D eigenvalue weighted by Gasteiger charge is 2.20. The lowest BCUT2D eigenvalue weighted by Gasteiger charge is -2.12. The van der Waals surface area contributed by atoms with Gasteiger partial charge in [-0.15, -0.1) is 0 Å². The van der Waals surface area contributed by atoms with Crippen molar-refractivity contribution in [3.05, 3.63) is 41.7 Å². The first-order valence-corrected chi connectivity index (χ1v) is 4.26. The van der Waals surface area contributed by atoms with Gasteiger partial charge in [0.25, 0.3) is 0 Å². The molecule has 0 aliphatic heterocycles. The second kappa shape index (κ2) is 4.31. The molecule has 3 heteroatoms. The molecule has 0 fully saturated rings. The smallest absolute Gasteiger partial charge is 0.210 e. The Bertz CT molecular complexity index is 331. The molecular formula is C11H11F3. The molecule has 0 radical (unpaired) electrons. The van der Waals surface area contributed by atoms with Gasteiger partial charge in [0.2, 0.25) is 6.43 Å². The van der Waals surface area contributed by atoms with E-state index >= 15 is 0 Å². The Kier molecular flexibility index (Phi) is 3.33. The van der Waals surface area contributed by atoms with Crippen LogP contribution in [0.3, 0.4) is 0 Å². The summed E-state index contributed by atoms with van der Waals surface area (Å²) in [5.74, 6) is -1.68. The SMILES string of the molecule is C=Cc1ccc(F)c([C@H](C)C(F)F)c1. The van der Waals surface area contributed by atoms with Gasteiger partial charge < -0.3 is 0 Å². The van der Waals surface area contributed by atoms with E-state index in [-0.39, 0.29) is 5.56 Å². The van der Waals surface area contributed by atoms with Crippen LogP contribution in [0.1, 0.15) is 24.0 Å². The highest BCUT2D eigenvalue weighted by Crippen LogP contribution is 2.26. The average Bonchev–Trinajstić information content (AvgIpc) is 2.17. The highest BCUT2D eigenvalue weighted by atomic mass is 19.3. The van der Waals surface area contributed by atoms with Gasteiger partial charge in [0.15, 0.2) is 0 Å². The van der Waals surface area contributed by atoms with Crippen LogP contribution in [0.5, 0.6) is 0 Å². The summed E-state index contributed by atoms with van der Waals surface area (Å²) in [5, 5.41) is 0. The number of hydrogen-bond donors (Lipinski definition) is 0. The zero-order chi connectivity index (χ0) is 10.7. The monoisotopic (exact) mass is 200 g/mol. The first-order valence-electron chi connectivity index (χ1n) is 4.26. The van der Waals surface area contributed by atoms with E-state index < -0.39 is 18.2 Å². The molecule has 0 amide bonds. The first-order chi connectivity index (χ1) is 6.56. The lowest BCUT2D eigenvalue weighted by Crippen LogP contribution is -2.07. The molecule has 1 aromatic rings. The quantitative estimate of drug-likeness (QED) is 0.695. The van der Waals surface area contributed by atoms with Crippen molar-refractivity contribution in [2.75, 3.05) is 0 Å². The summed E-state index contributed by atoms with van der Waals surface area (Å²) in [5.41, 5.74) is 0.686. The summed E-state index contributed by atoms with van der Waals surface area (Å²) in [6, 6.07) is 4.09. The third-order valence-corrected chi connectivity index (χ3v) is 2.12. The van der Waals surface area contributed by atoms with Gasteiger partial charge in [0.1, 0.15) is 5.82 Å². The van der Waals surface area contributed by atoms with E-state index in [9.17, 15) is 13.2 Å². The fourth-order valence-corrected chi connectivity index (χ4v) is 1.17. The second-order valence-corrected chi connectivity index (χ2v) is 3.11. The van der Waals surface area contributed by atoms with Crippen LogP contribution < -0.4 is 0 Å². The summed E-state index contributed by atoms with van der Waals surface area (Å²) >= 11 is 0. The highest BCUT2D eigenvalue weighted by molar-refractivity contribution is 5.48. The number of halogens is 3. The zero-order valence-electron chi connectivity index (χ0n) is 7.81. The molecule has 1 atom stereocenters. The van der Waals surface area contributed by atoms with E-state index in [2.05, 4.69) is 6.58 Å². The number of alkyl halides is 2.